The van der Waals surface area contributed by atoms with Gasteiger partial charge in [-0.15, -0.1) is 0 Å². The lowest BCUT2D eigenvalue weighted by Crippen LogP contribution is -2.36. The third-order valence-electron chi connectivity index (χ3n) is 4.31. The standard InChI is InChI=1S/C18H21N3O3S/c1-25(23,24)20(14-15-5-4-10-19-13-15)11-9-18(22)21-12-8-16-6-2-3-7-17(16)21/h2-7,10,13H,8-9,11-12,14H2,1H3. The summed E-state index contributed by atoms with van der Waals surface area (Å²) in [5.41, 5.74) is 2.89. The molecular formula is C18H21N3O3S. The first-order chi connectivity index (χ1) is 11.9. The Bertz CT molecular complexity index is 853. The van der Waals surface area contributed by atoms with E-state index in [1.807, 2.05) is 30.3 Å². The molecule has 1 aliphatic rings. The number of carbonyl (C=O) groups is 1. The van der Waals surface area contributed by atoms with Crippen LogP contribution < -0.4 is 4.90 Å². The summed E-state index contributed by atoms with van der Waals surface area (Å²) in [5, 5.41) is 0. The van der Waals surface area contributed by atoms with Gasteiger partial charge in [0.25, 0.3) is 0 Å². The normalized spacial score (nSPS) is 13.9. The van der Waals surface area contributed by atoms with E-state index in [4.69, 9.17) is 0 Å². The van der Waals surface area contributed by atoms with Crippen LogP contribution in [0.3, 0.4) is 0 Å². The van der Waals surface area contributed by atoms with Gasteiger partial charge in [0.05, 0.1) is 6.26 Å². The van der Waals surface area contributed by atoms with E-state index < -0.39 is 10.0 Å². The van der Waals surface area contributed by atoms with Crippen molar-refractivity contribution in [2.75, 3.05) is 24.2 Å². The van der Waals surface area contributed by atoms with Crippen molar-refractivity contribution in [2.24, 2.45) is 0 Å². The molecule has 0 N–H and O–H groups in total. The summed E-state index contributed by atoms with van der Waals surface area (Å²) in [4.78, 5) is 18.3. The van der Waals surface area contributed by atoms with Crippen LogP contribution in [0.1, 0.15) is 17.5 Å². The Morgan fingerprint density at radius 2 is 2.04 bits per heavy atom. The highest BCUT2D eigenvalue weighted by Crippen LogP contribution is 2.28. The molecule has 132 valence electrons. The van der Waals surface area contributed by atoms with Gasteiger partial charge in [-0.2, -0.15) is 4.31 Å². The lowest BCUT2D eigenvalue weighted by Gasteiger charge is -2.22. The quantitative estimate of drug-likeness (QED) is 0.789. The van der Waals surface area contributed by atoms with Gasteiger partial charge in [0, 0.05) is 44.1 Å². The summed E-state index contributed by atoms with van der Waals surface area (Å²) in [6, 6.07) is 11.4. The molecule has 2 heterocycles. The molecule has 6 nitrogen and oxygen atoms in total. The molecule has 0 bridgehead atoms. The van der Waals surface area contributed by atoms with Crippen molar-refractivity contribution in [3.8, 4) is 0 Å². The number of aromatic nitrogens is 1. The van der Waals surface area contributed by atoms with Crippen molar-refractivity contribution >= 4 is 21.6 Å². The zero-order chi connectivity index (χ0) is 17.9. The molecule has 0 saturated heterocycles. The first-order valence-corrected chi connectivity index (χ1v) is 10.0. The monoisotopic (exact) mass is 359 g/mol. The van der Waals surface area contributed by atoms with Crippen molar-refractivity contribution < 1.29 is 13.2 Å². The van der Waals surface area contributed by atoms with Gasteiger partial charge in [0.2, 0.25) is 15.9 Å². The topological polar surface area (TPSA) is 70.6 Å². The van der Waals surface area contributed by atoms with Crippen molar-refractivity contribution in [3.05, 3.63) is 59.9 Å². The highest BCUT2D eigenvalue weighted by atomic mass is 32.2. The first-order valence-electron chi connectivity index (χ1n) is 8.17. The maximum atomic E-state index is 12.6. The SMILES string of the molecule is CS(=O)(=O)N(CCC(=O)N1CCc2ccccc21)Cc1cccnc1. The van der Waals surface area contributed by atoms with Crippen LogP contribution in [0.15, 0.2) is 48.8 Å². The molecule has 1 aromatic heterocycles. The minimum Gasteiger partial charge on any atom is -0.312 e. The van der Waals surface area contributed by atoms with Crippen LogP contribution in [-0.4, -0.2) is 43.0 Å². The molecule has 25 heavy (non-hydrogen) atoms. The molecule has 0 radical (unpaired) electrons. The second kappa shape index (κ2) is 7.33. The van der Waals surface area contributed by atoms with Gasteiger partial charge in [-0.1, -0.05) is 24.3 Å². The van der Waals surface area contributed by atoms with E-state index in [-0.39, 0.29) is 25.4 Å². The molecule has 0 atom stereocenters. The number of benzene rings is 1. The third kappa shape index (κ3) is 4.24. The van der Waals surface area contributed by atoms with Crippen LogP contribution in [0.4, 0.5) is 5.69 Å². The van der Waals surface area contributed by atoms with Gasteiger partial charge in [0.15, 0.2) is 0 Å². The molecule has 1 aliphatic heterocycles. The predicted molar refractivity (Wildman–Crippen MR) is 96.6 cm³/mol. The van der Waals surface area contributed by atoms with Crippen LogP contribution in [0.2, 0.25) is 0 Å². The lowest BCUT2D eigenvalue weighted by molar-refractivity contribution is -0.118. The molecule has 0 fully saturated rings. The summed E-state index contributed by atoms with van der Waals surface area (Å²) >= 11 is 0. The maximum absolute atomic E-state index is 12.6. The van der Waals surface area contributed by atoms with Crippen LogP contribution >= 0.6 is 0 Å². The number of anilines is 1. The molecular weight excluding hydrogens is 338 g/mol. The number of pyridine rings is 1. The summed E-state index contributed by atoms with van der Waals surface area (Å²) in [6.45, 7) is 1.03. The number of hydrogen-bond acceptors (Lipinski definition) is 4. The molecule has 7 heteroatoms. The lowest BCUT2D eigenvalue weighted by atomic mass is 10.2. The number of sulfonamides is 1. The number of para-hydroxylation sites is 1. The fourth-order valence-corrected chi connectivity index (χ4v) is 3.82. The number of fused-ring (bicyclic) bond motifs is 1. The van der Waals surface area contributed by atoms with E-state index in [1.165, 1.54) is 10.6 Å². The Balaban J connectivity index is 1.66. The fourth-order valence-electron chi connectivity index (χ4n) is 3.01. The predicted octanol–water partition coefficient (Wildman–Crippen LogP) is 1.82. The molecule has 2 aromatic rings. The van der Waals surface area contributed by atoms with Crippen molar-refractivity contribution in [1.82, 2.24) is 9.29 Å². The third-order valence-corrected chi connectivity index (χ3v) is 5.56. The number of rotatable bonds is 6. The van der Waals surface area contributed by atoms with Gasteiger partial charge in [-0.25, -0.2) is 8.42 Å². The zero-order valence-corrected chi connectivity index (χ0v) is 14.9. The summed E-state index contributed by atoms with van der Waals surface area (Å²) < 4.78 is 25.4. The molecule has 0 saturated carbocycles. The number of carbonyl (C=O) groups excluding carboxylic acids is 1. The summed E-state index contributed by atoms with van der Waals surface area (Å²) in [6.07, 6.45) is 5.44. The van der Waals surface area contributed by atoms with E-state index in [9.17, 15) is 13.2 Å². The van der Waals surface area contributed by atoms with Crippen molar-refractivity contribution in [2.45, 2.75) is 19.4 Å². The van der Waals surface area contributed by atoms with E-state index in [2.05, 4.69) is 4.98 Å². The van der Waals surface area contributed by atoms with Crippen LogP contribution in [0.25, 0.3) is 0 Å². The Hall–Kier alpha value is -2.25. The number of nitrogens with zero attached hydrogens (tertiary/aromatic N) is 3. The first kappa shape index (κ1) is 17.6. The van der Waals surface area contributed by atoms with Crippen LogP contribution in [-0.2, 0) is 27.8 Å². The molecule has 0 unspecified atom stereocenters. The average Bonchev–Trinajstić information content (AvgIpc) is 3.02. The van der Waals surface area contributed by atoms with E-state index >= 15 is 0 Å². The van der Waals surface area contributed by atoms with Crippen LogP contribution in [0, 0.1) is 0 Å². The van der Waals surface area contributed by atoms with Gasteiger partial charge < -0.3 is 4.90 Å². The van der Waals surface area contributed by atoms with Gasteiger partial charge in [-0.05, 0) is 29.7 Å². The maximum Gasteiger partial charge on any atom is 0.228 e. The number of hydrogen-bond donors (Lipinski definition) is 0. The minimum absolute atomic E-state index is 0.0511. The highest BCUT2D eigenvalue weighted by Gasteiger charge is 2.25. The Kier molecular flexibility index (Phi) is 5.15. The van der Waals surface area contributed by atoms with Gasteiger partial charge in [-0.3, -0.25) is 9.78 Å². The van der Waals surface area contributed by atoms with E-state index in [0.717, 1.165) is 23.2 Å². The molecule has 0 spiro atoms. The summed E-state index contributed by atoms with van der Waals surface area (Å²) in [5.74, 6) is -0.0511. The Morgan fingerprint density at radius 1 is 1.24 bits per heavy atom. The molecule has 3 rings (SSSR count). The second-order valence-corrected chi connectivity index (χ2v) is 8.11. The van der Waals surface area contributed by atoms with Crippen molar-refractivity contribution in [3.63, 3.8) is 0 Å². The van der Waals surface area contributed by atoms with Gasteiger partial charge >= 0.3 is 0 Å². The Labute approximate surface area is 148 Å². The largest absolute Gasteiger partial charge is 0.312 e. The highest BCUT2D eigenvalue weighted by molar-refractivity contribution is 7.88. The number of amides is 1. The van der Waals surface area contributed by atoms with Crippen molar-refractivity contribution in [1.29, 1.82) is 0 Å². The van der Waals surface area contributed by atoms with Gasteiger partial charge in [0.1, 0.15) is 0 Å². The van der Waals surface area contributed by atoms with E-state index in [1.54, 1.807) is 23.4 Å². The summed E-state index contributed by atoms with van der Waals surface area (Å²) in [7, 11) is -3.41. The minimum atomic E-state index is -3.41. The fraction of sp³-hybridized carbons (Fsp3) is 0.333. The molecule has 1 amide bonds. The molecule has 0 aliphatic carbocycles. The average molecular weight is 359 g/mol. The Morgan fingerprint density at radius 3 is 2.76 bits per heavy atom. The van der Waals surface area contributed by atoms with Crippen LogP contribution in [0.5, 0.6) is 0 Å². The second-order valence-electron chi connectivity index (χ2n) is 6.13. The molecule has 1 aromatic carbocycles. The smallest absolute Gasteiger partial charge is 0.228 e. The zero-order valence-electron chi connectivity index (χ0n) is 14.1. The van der Waals surface area contributed by atoms with E-state index in [0.29, 0.717) is 6.54 Å².